The van der Waals surface area contributed by atoms with Crippen LogP contribution >= 0.6 is 7.82 Å². The van der Waals surface area contributed by atoms with Gasteiger partial charge in [-0.25, -0.2) is 0 Å². The summed E-state index contributed by atoms with van der Waals surface area (Å²) in [6.07, 6.45) is 56.5. The summed E-state index contributed by atoms with van der Waals surface area (Å²) in [4.78, 5) is 25.3. The topological polar surface area (TPSA) is 108 Å². The molecule has 0 heterocycles. The maximum Gasteiger partial charge on any atom is 0.268 e. The van der Waals surface area contributed by atoms with Gasteiger partial charge in [-0.05, 0) is 44.9 Å². The first-order chi connectivity index (χ1) is 30.0. The zero-order valence-electron chi connectivity index (χ0n) is 41.6. The molecule has 0 aliphatic rings. The van der Waals surface area contributed by atoms with E-state index in [-0.39, 0.29) is 12.5 Å². The summed E-state index contributed by atoms with van der Waals surface area (Å²) in [6, 6.07) is -0.906. The molecule has 3 atom stereocenters. The Bertz CT molecular complexity index is 1110. The van der Waals surface area contributed by atoms with Crippen molar-refractivity contribution in [1.29, 1.82) is 0 Å². The van der Waals surface area contributed by atoms with Crippen LogP contribution in [0.15, 0.2) is 36.5 Å². The Morgan fingerprint density at radius 1 is 0.548 bits per heavy atom. The first-order valence-electron chi connectivity index (χ1n) is 26.4. The van der Waals surface area contributed by atoms with Crippen molar-refractivity contribution in [2.75, 3.05) is 40.9 Å². The van der Waals surface area contributed by atoms with Gasteiger partial charge < -0.3 is 28.8 Å². The minimum absolute atomic E-state index is 0.00771. The Morgan fingerprint density at radius 3 is 1.31 bits per heavy atom. The number of allylic oxidation sites excluding steroid dienone is 5. The van der Waals surface area contributed by atoms with Gasteiger partial charge in [-0.3, -0.25) is 9.36 Å². The van der Waals surface area contributed by atoms with E-state index in [0.717, 1.165) is 44.9 Å². The molecule has 8 nitrogen and oxygen atoms in total. The SMILES string of the molecule is CCCCCCCCCCCCCCCCCCC/C=C/CC/C=C/CC/C=C/C(O)C(COP(=O)([O-])OCC[N+](C)(C)C)NC(=O)CCCCCCCCCCCCCCC. The lowest BCUT2D eigenvalue weighted by atomic mass is 10.0. The van der Waals surface area contributed by atoms with Crippen molar-refractivity contribution < 1.29 is 32.9 Å². The van der Waals surface area contributed by atoms with E-state index in [9.17, 15) is 19.4 Å². The fourth-order valence-corrected chi connectivity index (χ4v) is 8.38. The lowest BCUT2D eigenvalue weighted by Gasteiger charge is -2.29. The number of carbonyl (C=O) groups excluding carboxylic acids is 1. The summed E-state index contributed by atoms with van der Waals surface area (Å²) < 4.78 is 23.2. The maximum atomic E-state index is 12.9. The molecule has 0 radical (unpaired) electrons. The van der Waals surface area contributed by atoms with E-state index in [0.29, 0.717) is 17.4 Å². The monoisotopic (exact) mass is 895 g/mol. The number of rotatable bonds is 48. The van der Waals surface area contributed by atoms with Crippen molar-refractivity contribution >= 4 is 13.7 Å². The number of likely N-dealkylation sites (N-methyl/N-ethyl adjacent to an activating group) is 1. The van der Waals surface area contributed by atoms with Crippen molar-refractivity contribution in [2.24, 2.45) is 0 Å². The summed E-state index contributed by atoms with van der Waals surface area (Å²) in [5, 5.41) is 13.8. The predicted molar refractivity (Wildman–Crippen MR) is 265 cm³/mol. The summed E-state index contributed by atoms with van der Waals surface area (Å²) >= 11 is 0. The van der Waals surface area contributed by atoms with Crippen molar-refractivity contribution in [3.05, 3.63) is 36.5 Å². The number of unbranched alkanes of at least 4 members (excludes halogenated alkanes) is 31. The maximum absolute atomic E-state index is 12.9. The van der Waals surface area contributed by atoms with E-state index in [4.69, 9.17) is 9.05 Å². The molecule has 0 aliphatic carbocycles. The number of nitrogens with one attached hydrogen (secondary N) is 1. The minimum Gasteiger partial charge on any atom is -0.756 e. The van der Waals surface area contributed by atoms with Crippen molar-refractivity contribution in [3.8, 4) is 0 Å². The van der Waals surface area contributed by atoms with Crippen LogP contribution in [0.2, 0.25) is 0 Å². The van der Waals surface area contributed by atoms with Gasteiger partial charge in [-0.15, -0.1) is 0 Å². The normalized spacial score (nSPS) is 14.4. The Balaban J connectivity index is 4.27. The highest BCUT2D eigenvalue weighted by Crippen LogP contribution is 2.38. The average molecular weight is 895 g/mol. The standard InChI is InChI=1S/C53H103N2O6P/c1-6-8-10-12-14-16-18-20-21-22-23-24-25-26-27-28-29-30-31-32-33-35-36-38-40-42-44-46-52(56)51(50-61-62(58,59)60-49-48-55(3,4)5)54-53(57)47-45-43-41-39-37-34-19-17-15-13-11-9-7-2/h31-32,36,38,44,46,51-52,56H,6-30,33-35,37,39-43,45,47-50H2,1-5H3,(H-,54,57,58,59)/b32-31+,38-36+,46-44+. The van der Waals surface area contributed by atoms with Gasteiger partial charge in [0, 0.05) is 6.42 Å². The van der Waals surface area contributed by atoms with Gasteiger partial charge in [0.1, 0.15) is 13.2 Å². The van der Waals surface area contributed by atoms with E-state index >= 15 is 0 Å². The molecule has 1 amide bonds. The molecule has 0 aromatic carbocycles. The van der Waals surface area contributed by atoms with Gasteiger partial charge in [0.05, 0.1) is 39.9 Å². The fourth-order valence-electron chi connectivity index (χ4n) is 7.66. The number of phosphoric ester groups is 1. The van der Waals surface area contributed by atoms with Crippen molar-refractivity contribution in [1.82, 2.24) is 5.32 Å². The Labute approximate surface area is 385 Å². The molecule has 366 valence electrons. The van der Waals surface area contributed by atoms with Gasteiger partial charge in [0.15, 0.2) is 0 Å². The number of amides is 1. The molecule has 0 rings (SSSR count). The Kier molecular flexibility index (Phi) is 44.0. The molecule has 9 heteroatoms. The predicted octanol–water partition coefficient (Wildman–Crippen LogP) is 14.8. The van der Waals surface area contributed by atoms with E-state index in [2.05, 4.69) is 43.5 Å². The van der Waals surface area contributed by atoms with E-state index < -0.39 is 26.6 Å². The lowest BCUT2D eigenvalue weighted by molar-refractivity contribution is -0.870. The highest BCUT2D eigenvalue weighted by molar-refractivity contribution is 7.45. The van der Waals surface area contributed by atoms with Gasteiger partial charge in [-0.2, -0.15) is 0 Å². The second-order valence-corrected chi connectivity index (χ2v) is 20.6. The molecule has 0 saturated heterocycles. The van der Waals surface area contributed by atoms with E-state index in [1.54, 1.807) is 6.08 Å². The van der Waals surface area contributed by atoms with E-state index in [1.807, 2.05) is 27.2 Å². The van der Waals surface area contributed by atoms with Crippen LogP contribution in [-0.4, -0.2) is 68.5 Å². The number of nitrogens with zero attached hydrogens (tertiary/aromatic N) is 1. The van der Waals surface area contributed by atoms with Crippen LogP contribution in [0.4, 0.5) is 0 Å². The van der Waals surface area contributed by atoms with Gasteiger partial charge >= 0.3 is 0 Å². The number of aliphatic hydroxyl groups is 1. The first-order valence-corrected chi connectivity index (χ1v) is 27.8. The fraction of sp³-hybridized carbons (Fsp3) is 0.868. The molecule has 3 unspecified atom stereocenters. The Morgan fingerprint density at radius 2 is 0.903 bits per heavy atom. The first kappa shape index (κ1) is 60.7. The van der Waals surface area contributed by atoms with Gasteiger partial charge in [0.2, 0.25) is 5.91 Å². The third-order valence-corrected chi connectivity index (χ3v) is 12.8. The van der Waals surface area contributed by atoms with Crippen molar-refractivity contribution in [2.45, 2.75) is 257 Å². The van der Waals surface area contributed by atoms with Crippen molar-refractivity contribution in [3.63, 3.8) is 0 Å². The molecule has 0 aliphatic heterocycles. The third-order valence-electron chi connectivity index (χ3n) is 11.8. The summed E-state index contributed by atoms with van der Waals surface area (Å²) in [7, 11) is 1.24. The van der Waals surface area contributed by atoms with Gasteiger partial charge in [0.25, 0.3) is 7.82 Å². The molecule has 0 saturated carbocycles. The highest BCUT2D eigenvalue weighted by atomic mass is 31.2. The van der Waals surface area contributed by atoms with Crippen LogP contribution in [0.3, 0.4) is 0 Å². The molecule has 2 N–H and O–H groups in total. The second-order valence-electron chi connectivity index (χ2n) is 19.2. The number of hydrogen-bond donors (Lipinski definition) is 2. The van der Waals surface area contributed by atoms with Crippen LogP contribution in [0, 0.1) is 0 Å². The number of aliphatic hydroxyl groups excluding tert-OH is 1. The molecule has 0 fully saturated rings. The molecule has 0 bridgehead atoms. The number of carbonyl (C=O) groups is 1. The molecular weight excluding hydrogens is 792 g/mol. The second kappa shape index (κ2) is 44.9. The highest BCUT2D eigenvalue weighted by Gasteiger charge is 2.23. The van der Waals surface area contributed by atoms with Gasteiger partial charge in [-0.1, -0.05) is 230 Å². The Hall–Kier alpha value is -1.28. The zero-order chi connectivity index (χ0) is 45.7. The molecule has 0 aromatic heterocycles. The smallest absolute Gasteiger partial charge is 0.268 e. The quantitative estimate of drug-likeness (QED) is 0.0273. The largest absolute Gasteiger partial charge is 0.756 e. The summed E-state index contributed by atoms with van der Waals surface area (Å²) in [6.45, 7) is 4.63. The average Bonchev–Trinajstić information content (AvgIpc) is 3.23. The third kappa shape index (κ3) is 46.7. The number of quaternary nitrogens is 1. The van der Waals surface area contributed by atoms with Crippen LogP contribution in [-0.2, 0) is 18.4 Å². The zero-order valence-corrected chi connectivity index (χ0v) is 42.5. The lowest BCUT2D eigenvalue weighted by Crippen LogP contribution is -2.45. The van der Waals surface area contributed by atoms with Crippen LogP contribution < -0.4 is 10.2 Å². The molecule has 0 aromatic rings. The summed E-state index contributed by atoms with van der Waals surface area (Å²) in [5.74, 6) is -0.210. The molecular formula is C53H103N2O6P. The summed E-state index contributed by atoms with van der Waals surface area (Å²) in [5.41, 5.74) is 0. The van der Waals surface area contributed by atoms with Crippen LogP contribution in [0.1, 0.15) is 245 Å². The van der Waals surface area contributed by atoms with E-state index in [1.165, 1.54) is 180 Å². The van der Waals surface area contributed by atoms with Crippen LogP contribution in [0.25, 0.3) is 0 Å². The number of hydrogen-bond acceptors (Lipinski definition) is 6. The minimum atomic E-state index is -4.60. The molecule has 0 spiro atoms. The molecule has 62 heavy (non-hydrogen) atoms. The van der Waals surface area contributed by atoms with Crippen LogP contribution in [0.5, 0.6) is 0 Å². The number of phosphoric acid groups is 1.